The van der Waals surface area contributed by atoms with Gasteiger partial charge in [-0.3, -0.25) is 4.99 Å². The van der Waals surface area contributed by atoms with Gasteiger partial charge in [0.15, 0.2) is 0 Å². The second-order valence-electron chi connectivity index (χ2n) is 5.87. The first-order valence-corrected chi connectivity index (χ1v) is 9.05. The molecule has 132 valence electrons. The van der Waals surface area contributed by atoms with E-state index in [2.05, 4.69) is 20.9 Å². The van der Waals surface area contributed by atoms with Crippen LogP contribution < -0.4 is 0 Å². The number of carboxylic acids is 1. The highest BCUT2D eigenvalue weighted by molar-refractivity contribution is 9.10. The molecule has 0 bridgehead atoms. The summed E-state index contributed by atoms with van der Waals surface area (Å²) in [6.45, 7) is 3.95. The van der Waals surface area contributed by atoms with Crippen LogP contribution in [0.1, 0.15) is 27.3 Å². The zero-order chi connectivity index (χ0) is 18.8. The number of aromatic nitrogens is 1. The van der Waals surface area contributed by atoms with Crippen LogP contribution in [0.2, 0.25) is 5.02 Å². The average molecular weight is 432 g/mol. The Morgan fingerprint density at radius 2 is 1.96 bits per heavy atom. The van der Waals surface area contributed by atoms with Crippen LogP contribution in [0.25, 0.3) is 5.69 Å². The lowest BCUT2D eigenvalue weighted by molar-refractivity contribution is 0.0697. The van der Waals surface area contributed by atoms with E-state index in [4.69, 9.17) is 11.6 Å². The summed E-state index contributed by atoms with van der Waals surface area (Å²) in [7, 11) is 0. The summed E-state index contributed by atoms with van der Waals surface area (Å²) in [4.78, 5) is 15.9. The second-order valence-corrected chi connectivity index (χ2v) is 7.19. The molecule has 0 atom stereocenters. The van der Waals surface area contributed by atoms with Crippen LogP contribution in [0.4, 0.5) is 5.69 Å². The van der Waals surface area contributed by atoms with Crippen molar-refractivity contribution in [1.29, 1.82) is 0 Å². The number of halogens is 2. The first-order valence-electron chi connectivity index (χ1n) is 7.88. The quantitative estimate of drug-likeness (QED) is 0.518. The van der Waals surface area contributed by atoms with Gasteiger partial charge in [0.25, 0.3) is 0 Å². The Morgan fingerprint density at radius 3 is 2.65 bits per heavy atom. The van der Waals surface area contributed by atoms with Gasteiger partial charge in [-0.2, -0.15) is 0 Å². The number of aliphatic imine (C=N–C) groups is 1. The maximum Gasteiger partial charge on any atom is 0.337 e. The number of nitrogens with zero attached hydrogens (tertiary/aromatic N) is 2. The fraction of sp³-hybridized carbons (Fsp3) is 0.100. The first-order chi connectivity index (χ1) is 12.4. The standard InChI is InChI=1S/C20H16BrClN2O2/c1-12-8-14(11-23-16-5-3-4-15(21)9-16)13(2)24(12)17-6-7-19(22)18(10-17)20(25)26/h3-11H,1-2H3,(H,25,26). The summed E-state index contributed by atoms with van der Waals surface area (Å²) in [6.07, 6.45) is 1.81. The predicted octanol–water partition coefficient (Wildman–Crippen LogP) is 5.96. The molecule has 26 heavy (non-hydrogen) atoms. The topological polar surface area (TPSA) is 54.6 Å². The van der Waals surface area contributed by atoms with Crippen molar-refractivity contribution in [3.05, 3.63) is 80.5 Å². The van der Waals surface area contributed by atoms with Crippen molar-refractivity contribution in [1.82, 2.24) is 4.57 Å². The summed E-state index contributed by atoms with van der Waals surface area (Å²) >= 11 is 9.42. The molecule has 3 rings (SSSR count). The number of aryl methyl sites for hydroxylation is 1. The molecular formula is C20H16BrClN2O2. The van der Waals surface area contributed by atoms with Crippen molar-refractivity contribution in [2.75, 3.05) is 0 Å². The summed E-state index contributed by atoms with van der Waals surface area (Å²) < 4.78 is 2.96. The van der Waals surface area contributed by atoms with E-state index in [1.165, 1.54) is 0 Å². The number of hydrogen-bond donors (Lipinski definition) is 1. The SMILES string of the molecule is Cc1cc(C=Nc2cccc(Br)c2)c(C)n1-c1ccc(Cl)c(C(=O)O)c1. The van der Waals surface area contributed by atoms with Gasteiger partial charge >= 0.3 is 5.97 Å². The molecule has 1 aromatic heterocycles. The highest BCUT2D eigenvalue weighted by atomic mass is 79.9. The summed E-state index contributed by atoms with van der Waals surface area (Å²) in [5.74, 6) is -1.05. The fourth-order valence-corrected chi connectivity index (χ4v) is 3.42. The van der Waals surface area contributed by atoms with E-state index in [0.29, 0.717) is 0 Å². The van der Waals surface area contributed by atoms with Gasteiger partial charge in [-0.05, 0) is 56.3 Å². The third-order valence-corrected chi connectivity index (χ3v) is 4.89. The molecular weight excluding hydrogens is 416 g/mol. The van der Waals surface area contributed by atoms with Crippen LogP contribution in [0, 0.1) is 13.8 Å². The molecule has 0 unspecified atom stereocenters. The molecule has 6 heteroatoms. The van der Waals surface area contributed by atoms with Gasteiger partial charge in [-0.1, -0.05) is 33.6 Å². The third-order valence-electron chi connectivity index (χ3n) is 4.07. The lowest BCUT2D eigenvalue weighted by Gasteiger charge is -2.11. The normalized spacial score (nSPS) is 11.2. The zero-order valence-electron chi connectivity index (χ0n) is 14.2. The van der Waals surface area contributed by atoms with E-state index in [1.807, 2.05) is 61.0 Å². The molecule has 4 nitrogen and oxygen atoms in total. The van der Waals surface area contributed by atoms with Crippen LogP contribution >= 0.6 is 27.5 Å². The Bertz CT molecular complexity index is 1020. The molecule has 0 aliphatic heterocycles. The van der Waals surface area contributed by atoms with Crippen molar-refractivity contribution in [3.63, 3.8) is 0 Å². The van der Waals surface area contributed by atoms with Gasteiger partial charge in [0, 0.05) is 33.3 Å². The molecule has 3 aromatic rings. The molecule has 1 heterocycles. The van der Waals surface area contributed by atoms with Crippen molar-refractivity contribution >= 4 is 45.4 Å². The van der Waals surface area contributed by atoms with Crippen molar-refractivity contribution < 1.29 is 9.90 Å². The number of benzene rings is 2. The Labute approximate surface area is 164 Å². The smallest absolute Gasteiger partial charge is 0.337 e. The van der Waals surface area contributed by atoms with Crippen LogP contribution in [0.3, 0.4) is 0 Å². The predicted molar refractivity (Wildman–Crippen MR) is 109 cm³/mol. The maximum absolute atomic E-state index is 11.3. The van der Waals surface area contributed by atoms with E-state index >= 15 is 0 Å². The minimum absolute atomic E-state index is 0.0843. The summed E-state index contributed by atoms with van der Waals surface area (Å²) in [5, 5.41) is 9.52. The molecule has 0 saturated heterocycles. The van der Waals surface area contributed by atoms with E-state index in [0.717, 1.165) is 32.8 Å². The number of rotatable bonds is 4. The largest absolute Gasteiger partial charge is 0.478 e. The van der Waals surface area contributed by atoms with Gasteiger partial charge in [0.05, 0.1) is 16.3 Å². The minimum atomic E-state index is -1.05. The van der Waals surface area contributed by atoms with Crippen molar-refractivity contribution in [2.45, 2.75) is 13.8 Å². The zero-order valence-corrected chi connectivity index (χ0v) is 16.5. The Morgan fingerprint density at radius 1 is 1.19 bits per heavy atom. The molecule has 0 saturated carbocycles. The highest BCUT2D eigenvalue weighted by Gasteiger charge is 2.14. The lowest BCUT2D eigenvalue weighted by atomic mass is 10.2. The van der Waals surface area contributed by atoms with Crippen molar-refractivity contribution in [3.8, 4) is 5.69 Å². The fourth-order valence-electron chi connectivity index (χ4n) is 2.83. The van der Waals surface area contributed by atoms with E-state index in [9.17, 15) is 9.90 Å². The molecule has 0 radical (unpaired) electrons. The number of carboxylic acid groups (broad SMARTS) is 1. The maximum atomic E-state index is 11.3. The average Bonchev–Trinajstić information content (AvgIpc) is 2.87. The third kappa shape index (κ3) is 3.74. The minimum Gasteiger partial charge on any atom is -0.478 e. The van der Waals surface area contributed by atoms with E-state index in [1.54, 1.807) is 12.1 Å². The molecule has 0 aliphatic carbocycles. The Kier molecular flexibility index (Phi) is 5.30. The van der Waals surface area contributed by atoms with Crippen LogP contribution in [0.5, 0.6) is 0 Å². The lowest BCUT2D eigenvalue weighted by Crippen LogP contribution is -2.03. The first kappa shape index (κ1) is 18.4. The number of hydrogen-bond acceptors (Lipinski definition) is 2. The van der Waals surface area contributed by atoms with Gasteiger partial charge < -0.3 is 9.67 Å². The Balaban J connectivity index is 2.01. The summed E-state index contributed by atoms with van der Waals surface area (Å²) in [5.41, 5.74) is 4.61. The van der Waals surface area contributed by atoms with Gasteiger partial charge in [0.2, 0.25) is 0 Å². The molecule has 0 spiro atoms. The number of carbonyl (C=O) groups is 1. The molecule has 0 amide bonds. The van der Waals surface area contributed by atoms with Crippen LogP contribution in [-0.2, 0) is 0 Å². The van der Waals surface area contributed by atoms with Crippen molar-refractivity contribution in [2.24, 2.45) is 4.99 Å². The monoisotopic (exact) mass is 430 g/mol. The highest BCUT2D eigenvalue weighted by Crippen LogP contribution is 2.25. The second kappa shape index (κ2) is 7.48. The molecule has 0 fully saturated rings. The van der Waals surface area contributed by atoms with Crippen LogP contribution in [0.15, 0.2) is 58.0 Å². The molecule has 1 N–H and O–H groups in total. The van der Waals surface area contributed by atoms with E-state index < -0.39 is 5.97 Å². The van der Waals surface area contributed by atoms with Gasteiger partial charge in [-0.15, -0.1) is 0 Å². The summed E-state index contributed by atoms with van der Waals surface area (Å²) in [6, 6.07) is 14.8. The molecule has 0 aliphatic rings. The van der Waals surface area contributed by atoms with Crippen LogP contribution in [-0.4, -0.2) is 21.9 Å². The van der Waals surface area contributed by atoms with Gasteiger partial charge in [-0.25, -0.2) is 4.79 Å². The van der Waals surface area contributed by atoms with E-state index in [-0.39, 0.29) is 10.6 Å². The van der Waals surface area contributed by atoms with Gasteiger partial charge in [0.1, 0.15) is 0 Å². The number of aromatic carboxylic acids is 1. The Hall–Kier alpha value is -2.37. The molecule has 2 aromatic carbocycles.